The van der Waals surface area contributed by atoms with Gasteiger partial charge in [0, 0.05) is 6.54 Å². The molecule has 0 spiro atoms. The van der Waals surface area contributed by atoms with Gasteiger partial charge in [0.15, 0.2) is 0 Å². The van der Waals surface area contributed by atoms with Crippen LogP contribution >= 0.6 is 0 Å². The molecule has 0 fully saturated rings. The summed E-state index contributed by atoms with van der Waals surface area (Å²) in [6, 6.07) is 0. The number of rotatable bonds is 2. The molecule has 0 bridgehead atoms. The Morgan fingerprint density at radius 1 is 1.00 bits per heavy atom. The van der Waals surface area contributed by atoms with E-state index in [4.69, 9.17) is 5.84 Å². The summed E-state index contributed by atoms with van der Waals surface area (Å²) in [6.07, 6.45) is 0. The van der Waals surface area contributed by atoms with Gasteiger partial charge in [0.2, 0.25) is 0 Å². The molecule has 76 valence electrons. The van der Waals surface area contributed by atoms with Gasteiger partial charge in [-0.05, 0) is 10.8 Å². The van der Waals surface area contributed by atoms with E-state index in [0.717, 1.165) is 6.54 Å². The highest BCUT2D eigenvalue weighted by atomic mass is 15.2. The monoisotopic (exact) mass is 174 g/mol. The van der Waals surface area contributed by atoms with Crippen molar-refractivity contribution in [2.24, 2.45) is 16.7 Å². The molecule has 0 amide bonds. The molecule has 3 N–H and O–H groups in total. The van der Waals surface area contributed by atoms with Crippen LogP contribution in [0.15, 0.2) is 0 Å². The van der Waals surface area contributed by atoms with E-state index in [1.165, 1.54) is 0 Å². The van der Waals surface area contributed by atoms with Crippen molar-refractivity contribution in [1.29, 1.82) is 0 Å². The third kappa shape index (κ3) is 4.73. The Hall–Kier alpha value is -0.0800. The lowest BCUT2D eigenvalue weighted by atomic mass is 9.69. The topological polar surface area (TPSA) is 38.0 Å². The van der Waals surface area contributed by atoms with Crippen LogP contribution < -0.4 is 11.3 Å². The number of hydrogen-bond donors (Lipinski definition) is 2. The second-order valence-electron chi connectivity index (χ2n) is 4.51. The minimum absolute atomic E-state index is 0.252. The van der Waals surface area contributed by atoms with Crippen LogP contribution in [0.3, 0.4) is 0 Å². The number of nitrogens with two attached hydrogens (primary N) is 1. The van der Waals surface area contributed by atoms with Gasteiger partial charge in [-0.2, -0.15) is 0 Å². The highest BCUT2D eigenvalue weighted by Gasteiger charge is 2.31. The molecule has 0 aromatic heterocycles. The molecular formula is C10H26N2. The van der Waals surface area contributed by atoms with E-state index in [0.29, 0.717) is 5.41 Å². The van der Waals surface area contributed by atoms with Gasteiger partial charge in [-0.3, -0.25) is 11.3 Å². The summed E-state index contributed by atoms with van der Waals surface area (Å²) in [4.78, 5) is 0. The van der Waals surface area contributed by atoms with E-state index in [1.807, 2.05) is 13.8 Å². The maximum absolute atomic E-state index is 5.26. The Balaban J connectivity index is 0. The van der Waals surface area contributed by atoms with Crippen molar-refractivity contribution in [2.75, 3.05) is 6.54 Å². The van der Waals surface area contributed by atoms with E-state index in [2.05, 4.69) is 40.0 Å². The van der Waals surface area contributed by atoms with E-state index in [1.54, 1.807) is 0 Å². The van der Waals surface area contributed by atoms with Gasteiger partial charge in [-0.1, -0.05) is 48.5 Å². The van der Waals surface area contributed by atoms with Gasteiger partial charge < -0.3 is 0 Å². The molecule has 0 unspecified atom stereocenters. The summed E-state index contributed by atoms with van der Waals surface area (Å²) in [5.74, 6) is 5.26. The second kappa shape index (κ2) is 5.55. The zero-order chi connectivity index (χ0) is 10.4. The van der Waals surface area contributed by atoms with Crippen LogP contribution in [-0.4, -0.2) is 6.54 Å². The van der Waals surface area contributed by atoms with Crippen LogP contribution in [0.4, 0.5) is 0 Å². The molecule has 0 radical (unpaired) electrons. The van der Waals surface area contributed by atoms with Crippen molar-refractivity contribution in [3.05, 3.63) is 0 Å². The molecule has 0 saturated carbocycles. The fraction of sp³-hybridized carbons (Fsp3) is 1.00. The first-order valence-electron chi connectivity index (χ1n) is 4.75. The Labute approximate surface area is 77.9 Å². The summed E-state index contributed by atoms with van der Waals surface area (Å²) in [7, 11) is 0. The maximum Gasteiger partial charge on any atom is 0.0154 e. The standard InChI is InChI=1S/C8H20N2.C2H6/c1-7(2,3)8(4,5)6-10-9;1-2/h10H,6,9H2,1-5H3;1-2H3. The molecule has 0 heterocycles. The highest BCUT2D eigenvalue weighted by Crippen LogP contribution is 2.36. The smallest absolute Gasteiger partial charge is 0.0154 e. The number of hydrazine groups is 1. The van der Waals surface area contributed by atoms with Crippen molar-refractivity contribution in [2.45, 2.75) is 48.5 Å². The van der Waals surface area contributed by atoms with Crippen molar-refractivity contribution in [1.82, 2.24) is 5.43 Å². The predicted molar refractivity (Wildman–Crippen MR) is 56.8 cm³/mol. The van der Waals surface area contributed by atoms with Gasteiger partial charge in [-0.15, -0.1) is 0 Å². The average molecular weight is 174 g/mol. The van der Waals surface area contributed by atoms with Gasteiger partial charge in [0.25, 0.3) is 0 Å². The van der Waals surface area contributed by atoms with Crippen molar-refractivity contribution in [3.8, 4) is 0 Å². The third-order valence-electron chi connectivity index (χ3n) is 2.57. The van der Waals surface area contributed by atoms with Gasteiger partial charge in [-0.25, -0.2) is 0 Å². The van der Waals surface area contributed by atoms with E-state index in [9.17, 15) is 0 Å². The van der Waals surface area contributed by atoms with E-state index >= 15 is 0 Å². The molecule has 0 rings (SSSR count). The molecule has 2 nitrogen and oxygen atoms in total. The molecular weight excluding hydrogens is 148 g/mol. The lowest BCUT2D eigenvalue weighted by Crippen LogP contribution is -2.41. The molecule has 0 atom stereocenters. The van der Waals surface area contributed by atoms with Crippen molar-refractivity contribution >= 4 is 0 Å². The Morgan fingerprint density at radius 3 is 1.42 bits per heavy atom. The zero-order valence-electron chi connectivity index (χ0n) is 9.78. The maximum atomic E-state index is 5.26. The first-order valence-corrected chi connectivity index (χ1v) is 4.75. The lowest BCUT2D eigenvalue weighted by Gasteiger charge is -2.38. The molecule has 0 aliphatic heterocycles. The molecule has 2 heteroatoms. The Bertz CT molecular complexity index is 101. The molecule has 0 aliphatic rings. The van der Waals surface area contributed by atoms with Gasteiger partial charge in [0.1, 0.15) is 0 Å². The highest BCUT2D eigenvalue weighted by molar-refractivity contribution is 4.83. The number of hydrogen-bond acceptors (Lipinski definition) is 2. The minimum Gasteiger partial charge on any atom is -0.271 e. The van der Waals surface area contributed by atoms with Crippen LogP contribution in [0, 0.1) is 10.8 Å². The average Bonchev–Trinajstić information content (AvgIpc) is 1.89. The largest absolute Gasteiger partial charge is 0.271 e. The zero-order valence-corrected chi connectivity index (χ0v) is 9.78. The van der Waals surface area contributed by atoms with Crippen LogP contribution in [0.25, 0.3) is 0 Å². The molecule has 0 aromatic carbocycles. The van der Waals surface area contributed by atoms with Crippen molar-refractivity contribution in [3.63, 3.8) is 0 Å². The number of nitrogens with one attached hydrogen (secondary N) is 1. The molecule has 0 saturated heterocycles. The summed E-state index contributed by atoms with van der Waals surface area (Å²) in [6.45, 7) is 16.0. The van der Waals surface area contributed by atoms with Crippen LogP contribution in [0.1, 0.15) is 48.5 Å². The predicted octanol–water partition coefficient (Wildman–Crippen LogP) is 2.55. The summed E-state index contributed by atoms with van der Waals surface area (Å²) in [5, 5.41) is 0. The van der Waals surface area contributed by atoms with Gasteiger partial charge in [0.05, 0.1) is 0 Å². The Kier molecular flexibility index (Phi) is 6.68. The van der Waals surface area contributed by atoms with Crippen molar-refractivity contribution < 1.29 is 0 Å². The molecule has 12 heavy (non-hydrogen) atoms. The summed E-state index contributed by atoms with van der Waals surface area (Å²) in [5.41, 5.74) is 3.27. The Morgan fingerprint density at radius 2 is 1.33 bits per heavy atom. The summed E-state index contributed by atoms with van der Waals surface area (Å²) >= 11 is 0. The quantitative estimate of drug-likeness (QED) is 0.499. The first kappa shape index (κ1) is 14.4. The van der Waals surface area contributed by atoms with Crippen LogP contribution in [0.5, 0.6) is 0 Å². The second-order valence-corrected chi connectivity index (χ2v) is 4.51. The first-order chi connectivity index (χ1) is 5.31. The fourth-order valence-corrected chi connectivity index (χ4v) is 0.520. The minimum atomic E-state index is 0.252. The normalized spacial score (nSPS) is 12.0. The van der Waals surface area contributed by atoms with Crippen LogP contribution in [0.2, 0.25) is 0 Å². The third-order valence-corrected chi connectivity index (χ3v) is 2.57. The molecule has 0 aliphatic carbocycles. The molecule has 0 aromatic rings. The van der Waals surface area contributed by atoms with Crippen LogP contribution in [-0.2, 0) is 0 Å². The summed E-state index contributed by atoms with van der Waals surface area (Å²) < 4.78 is 0. The lowest BCUT2D eigenvalue weighted by molar-refractivity contribution is 0.130. The van der Waals surface area contributed by atoms with E-state index < -0.39 is 0 Å². The van der Waals surface area contributed by atoms with E-state index in [-0.39, 0.29) is 5.41 Å². The van der Waals surface area contributed by atoms with Gasteiger partial charge >= 0.3 is 0 Å². The fourth-order valence-electron chi connectivity index (χ4n) is 0.520. The SMILES string of the molecule is CC.CC(C)(C)C(C)(C)CNN.